The highest BCUT2D eigenvalue weighted by Crippen LogP contribution is 2.44. The smallest absolute Gasteiger partial charge is 0.217 e. The van der Waals surface area contributed by atoms with Crippen molar-refractivity contribution in [1.29, 1.82) is 0 Å². The molecule has 6 rings (SSSR count). The van der Waals surface area contributed by atoms with Crippen molar-refractivity contribution in [2.45, 2.75) is 61.7 Å². The van der Waals surface area contributed by atoms with Gasteiger partial charge in [0.05, 0.1) is 5.25 Å². The maximum atomic E-state index is 15.2. The van der Waals surface area contributed by atoms with Gasteiger partial charge in [0, 0.05) is 36.0 Å². The standard InChI is InChI=1S/C26H30ClFN2O2S/c27-20-5-1-4-17(10-20)11-24-22-14-23(19-15-30(16-19)33(31,32)21-6-2-7-21)25(28)12-18(22)13-26(24)29-8-3-9-29/h1,4-5,10,12,14,19,21,24,26H,2-3,6-9,11,13,15-16H2. The molecule has 2 saturated heterocycles. The highest BCUT2D eigenvalue weighted by atomic mass is 35.5. The Morgan fingerprint density at radius 3 is 2.45 bits per heavy atom. The summed E-state index contributed by atoms with van der Waals surface area (Å²) < 4.78 is 42.2. The zero-order valence-corrected chi connectivity index (χ0v) is 20.3. The molecule has 0 aromatic heterocycles. The van der Waals surface area contributed by atoms with Gasteiger partial charge in [0.2, 0.25) is 10.0 Å². The van der Waals surface area contributed by atoms with E-state index < -0.39 is 10.0 Å². The number of hydrogen-bond donors (Lipinski definition) is 0. The van der Waals surface area contributed by atoms with Crippen LogP contribution < -0.4 is 0 Å². The molecule has 4 aliphatic rings. The zero-order valence-electron chi connectivity index (χ0n) is 18.7. The monoisotopic (exact) mass is 488 g/mol. The Hall–Kier alpha value is -1.47. The number of fused-ring (bicyclic) bond motifs is 1. The molecule has 0 amide bonds. The molecule has 0 radical (unpaired) electrons. The predicted molar refractivity (Wildman–Crippen MR) is 129 cm³/mol. The number of rotatable bonds is 6. The van der Waals surface area contributed by atoms with Crippen molar-refractivity contribution in [2.24, 2.45) is 0 Å². The van der Waals surface area contributed by atoms with Crippen molar-refractivity contribution in [3.05, 3.63) is 69.5 Å². The van der Waals surface area contributed by atoms with Gasteiger partial charge in [0.1, 0.15) is 5.82 Å². The van der Waals surface area contributed by atoms with Gasteiger partial charge in [-0.25, -0.2) is 17.1 Å². The Balaban J connectivity index is 1.27. The summed E-state index contributed by atoms with van der Waals surface area (Å²) in [6, 6.07) is 12.2. The Morgan fingerprint density at radius 2 is 1.82 bits per heavy atom. The van der Waals surface area contributed by atoms with Crippen LogP contribution in [0.25, 0.3) is 0 Å². The van der Waals surface area contributed by atoms with Gasteiger partial charge < -0.3 is 0 Å². The second-order valence-corrected chi connectivity index (χ2v) is 12.9. The molecule has 2 atom stereocenters. The molecule has 2 aromatic carbocycles. The highest BCUT2D eigenvalue weighted by Gasteiger charge is 2.45. The topological polar surface area (TPSA) is 40.6 Å². The molecule has 2 heterocycles. The van der Waals surface area contributed by atoms with Gasteiger partial charge in [-0.1, -0.05) is 36.2 Å². The molecular formula is C26H30ClFN2O2S. The zero-order chi connectivity index (χ0) is 22.7. The summed E-state index contributed by atoms with van der Waals surface area (Å²) >= 11 is 6.26. The van der Waals surface area contributed by atoms with E-state index in [0.29, 0.717) is 30.6 Å². The molecule has 0 bridgehead atoms. The fourth-order valence-corrected chi connectivity index (χ4v) is 8.34. The second kappa shape index (κ2) is 8.33. The van der Waals surface area contributed by atoms with Crippen LogP contribution in [-0.2, 0) is 22.9 Å². The first kappa shape index (κ1) is 22.0. The number of likely N-dealkylation sites (tertiary alicyclic amines) is 1. The van der Waals surface area contributed by atoms with Crippen molar-refractivity contribution in [3.63, 3.8) is 0 Å². The second-order valence-electron chi connectivity index (χ2n) is 10.3. The Bertz CT molecular complexity index is 1170. The molecule has 4 nitrogen and oxygen atoms in total. The number of benzene rings is 2. The fraction of sp³-hybridized carbons (Fsp3) is 0.538. The molecular weight excluding hydrogens is 459 g/mol. The Kier molecular flexibility index (Phi) is 5.56. The molecule has 1 saturated carbocycles. The lowest BCUT2D eigenvalue weighted by Gasteiger charge is -2.42. The summed E-state index contributed by atoms with van der Waals surface area (Å²) in [5.41, 5.74) is 4.24. The largest absolute Gasteiger partial charge is 0.299 e. The molecule has 3 fully saturated rings. The molecule has 176 valence electrons. The summed E-state index contributed by atoms with van der Waals surface area (Å²) in [4.78, 5) is 2.53. The van der Waals surface area contributed by atoms with E-state index in [9.17, 15) is 8.42 Å². The number of halogens is 2. The average Bonchev–Trinajstić information content (AvgIpc) is 2.94. The van der Waals surface area contributed by atoms with Crippen LogP contribution in [0.2, 0.25) is 5.02 Å². The minimum absolute atomic E-state index is 0.0555. The van der Waals surface area contributed by atoms with Gasteiger partial charge in [-0.3, -0.25) is 4.90 Å². The molecule has 2 aliphatic carbocycles. The van der Waals surface area contributed by atoms with Crippen LogP contribution in [-0.4, -0.2) is 55.1 Å². The van der Waals surface area contributed by atoms with Crippen molar-refractivity contribution >= 4 is 21.6 Å². The summed E-state index contributed by atoms with van der Waals surface area (Å²) in [5.74, 6) is 0.0678. The maximum absolute atomic E-state index is 15.2. The van der Waals surface area contributed by atoms with Gasteiger partial charge in [-0.2, -0.15) is 0 Å². The van der Waals surface area contributed by atoms with Crippen LogP contribution in [0, 0.1) is 5.82 Å². The van der Waals surface area contributed by atoms with Crippen molar-refractivity contribution in [3.8, 4) is 0 Å². The first-order chi connectivity index (χ1) is 15.9. The third kappa shape index (κ3) is 3.83. The Morgan fingerprint density at radius 1 is 1.03 bits per heavy atom. The van der Waals surface area contributed by atoms with Crippen LogP contribution in [0.15, 0.2) is 36.4 Å². The fourth-order valence-electron chi connectivity index (χ4n) is 6.00. The van der Waals surface area contributed by atoms with E-state index in [0.717, 1.165) is 55.8 Å². The van der Waals surface area contributed by atoms with Crippen molar-refractivity contribution in [2.75, 3.05) is 26.2 Å². The summed E-state index contributed by atoms with van der Waals surface area (Å²) in [6.07, 6.45) is 5.51. The Labute approximate surface area is 200 Å². The lowest BCUT2D eigenvalue weighted by molar-refractivity contribution is 0.106. The van der Waals surface area contributed by atoms with E-state index >= 15 is 4.39 Å². The van der Waals surface area contributed by atoms with Crippen LogP contribution in [0.4, 0.5) is 4.39 Å². The highest BCUT2D eigenvalue weighted by molar-refractivity contribution is 7.89. The molecule has 2 aromatic rings. The minimum Gasteiger partial charge on any atom is -0.299 e. The van der Waals surface area contributed by atoms with Crippen LogP contribution in [0.3, 0.4) is 0 Å². The summed E-state index contributed by atoms with van der Waals surface area (Å²) in [7, 11) is -3.21. The molecule has 2 unspecified atom stereocenters. The maximum Gasteiger partial charge on any atom is 0.217 e. The molecule has 33 heavy (non-hydrogen) atoms. The molecule has 2 aliphatic heterocycles. The quantitative estimate of drug-likeness (QED) is 0.591. The lowest BCUT2D eigenvalue weighted by atomic mass is 9.85. The molecule has 0 N–H and O–H groups in total. The average molecular weight is 489 g/mol. The third-order valence-electron chi connectivity index (χ3n) is 8.38. The van der Waals surface area contributed by atoms with Gasteiger partial charge in [-0.15, -0.1) is 0 Å². The predicted octanol–water partition coefficient (Wildman–Crippen LogP) is 4.72. The van der Waals surface area contributed by atoms with Crippen LogP contribution >= 0.6 is 11.6 Å². The van der Waals surface area contributed by atoms with E-state index in [1.807, 2.05) is 18.2 Å². The summed E-state index contributed by atoms with van der Waals surface area (Å²) in [6.45, 7) is 3.03. The third-order valence-corrected chi connectivity index (χ3v) is 10.9. The van der Waals surface area contributed by atoms with Crippen molar-refractivity contribution in [1.82, 2.24) is 9.21 Å². The van der Waals surface area contributed by atoms with Crippen LogP contribution in [0.1, 0.15) is 59.8 Å². The van der Waals surface area contributed by atoms with Crippen molar-refractivity contribution < 1.29 is 12.8 Å². The SMILES string of the molecule is O=S(=O)(C1CCC1)N1CC(c2cc3c(cc2F)CC(N2CCC2)C3Cc2cccc(Cl)c2)C1. The van der Waals surface area contributed by atoms with E-state index in [1.165, 1.54) is 17.5 Å². The summed E-state index contributed by atoms with van der Waals surface area (Å²) in [5, 5.41) is 0.524. The van der Waals surface area contributed by atoms with Crippen LogP contribution in [0.5, 0.6) is 0 Å². The number of nitrogens with zero attached hydrogens (tertiary/aromatic N) is 2. The first-order valence-electron chi connectivity index (χ1n) is 12.2. The van der Waals surface area contributed by atoms with Gasteiger partial charge in [-0.05, 0) is 85.6 Å². The number of hydrogen-bond acceptors (Lipinski definition) is 3. The van der Waals surface area contributed by atoms with E-state index in [1.54, 1.807) is 10.4 Å². The van der Waals surface area contributed by atoms with Gasteiger partial charge >= 0.3 is 0 Å². The molecule has 7 heteroatoms. The van der Waals surface area contributed by atoms with E-state index in [-0.39, 0.29) is 17.0 Å². The van der Waals surface area contributed by atoms with E-state index in [2.05, 4.69) is 17.0 Å². The van der Waals surface area contributed by atoms with Gasteiger partial charge in [0.25, 0.3) is 0 Å². The normalized spacial score (nSPS) is 26.5. The minimum atomic E-state index is -3.21. The molecule has 0 spiro atoms. The first-order valence-corrected chi connectivity index (χ1v) is 14.1. The van der Waals surface area contributed by atoms with Gasteiger partial charge in [0.15, 0.2) is 0 Å². The van der Waals surface area contributed by atoms with E-state index in [4.69, 9.17) is 11.6 Å². The lowest BCUT2D eigenvalue weighted by Crippen LogP contribution is -2.53. The number of sulfonamides is 1.